The monoisotopic (exact) mass is 695 g/mol. The van der Waals surface area contributed by atoms with Gasteiger partial charge in [-0.05, 0) is 6.42 Å². The first-order valence-corrected chi connectivity index (χ1v) is 12.0. The van der Waals surface area contributed by atoms with Crippen molar-refractivity contribution in [3.8, 4) is 0 Å². The van der Waals surface area contributed by atoms with Crippen LogP contribution in [0.4, 0.5) is 0 Å². The average molecular weight is 696 g/mol. The van der Waals surface area contributed by atoms with Crippen molar-refractivity contribution < 1.29 is 88.9 Å². The SMILES string of the molecule is CCCCCCCCO[C@@H]1OC(CO)[C@H](S[C@@H]2OC(CO)[C@H](O)C(O)C2[NH-])C(O)C1O.[Ac]. The van der Waals surface area contributed by atoms with E-state index in [1.165, 1.54) is 19.3 Å². The van der Waals surface area contributed by atoms with Crippen LogP contribution in [0, 0.1) is 44.1 Å². The summed E-state index contributed by atoms with van der Waals surface area (Å²) in [5.74, 6) is 0. The van der Waals surface area contributed by atoms with E-state index in [1.807, 2.05) is 0 Å². The largest absolute Gasteiger partial charge is 0.670 e. The van der Waals surface area contributed by atoms with Gasteiger partial charge in [-0.15, -0.1) is 11.8 Å². The molecule has 1 radical (unpaired) electrons. The molecule has 0 spiro atoms. The fourth-order valence-corrected chi connectivity index (χ4v) is 5.29. The maximum absolute atomic E-state index is 10.6. The molecular weight excluding hydrogens is 657 g/mol. The zero-order valence-corrected chi connectivity index (χ0v) is 24.1. The molecule has 2 heterocycles. The molecule has 10 nitrogen and oxygen atoms in total. The molecule has 32 heavy (non-hydrogen) atoms. The predicted molar refractivity (Wildman–Crippen MR) is 114 cm³/mol. The third-order valence-electron chi connectivity index (χ3n) is 5.77. The van der Waals surface area contributed by atoms with E-state index in [4.69, 9.17) is 19.9 Å². The van der Waals surface area contributed by atoms with Crippen LogP contribution in [-0.4, -0.2) is 110 Å². The second-order valence-electron chi connectivity index (χ2n) is 8.18. The number of rotatable bonds is 12. The molecule has 7 N–H and O–H groups in total. The van der Waals surface area contributed by atoms with Crippen molar-refractivity contribution in [1.82, 2.24) is 0 Å². The van der Waals surface area contributed by atoms with Crippen molar-refractivity contribution in [1.29, 1.82) is 0 Å². The number of aliphatic hydroxyl groups is 6. The molecule has 2 aliphatic heterocycles. The van der Waals surface area contributed by atoms with E-state index in [9.17, 15) is 30.6 Å². The van der Waals surface area contributed by atoms with Crippen molar-refractivity contribution >= 4 is 11.8 Å². The number of thioether (sulfide) groups is 1. The van der Waals surface area contributed by atoms with E-state index in [0.717, 1.165) is 31.0 Å². The number of hydrogen-bond donors (Lipinski definition) is 6. The molecule has 10 atom stereocenters. The first-order valence-electron chi connectivity index (χ1n) is 11.1. The van der Waals surface area contributed by atoms with Crippen LogP contribution in [0.2, 0.25) is 0 Å². The van der Waals surface area contributed by atoms with Crippen molar-refractivity contribution in [3.63, 3.8) is 0 Å². The van der Waals surface area contributed by atoms with Gasteiger partial charge in [-0.1, -0.05) is 45.1 Å². The number of hydrogen-bond acceptors (Lipinski definition) is 10. The van der Waals surface area contributed by atoms with Crippen molar-refractivity contribution in [2.45, 2.75) is 105 Å². The molecule has 2 saturated heterocycles. The van der Waals surface area contributed by atoms with Crippen LogP contribution in [0.1, 0.15) is 45.4 Å². The Bertz CT molecular complexity index is 508. The maximum atomic E-state index is 10.6. The summed E-state index contributed by atoms with van der Waals surface area (Å²) in [5, 5.41) is 59.3. The molecule has 0 amide bonds. The summed E-state index contributed by atoms with van der Waals surface area (Å²) >= 11 is 0.918. The third-order valence-corrected chi connectivity index (χ3v) is 7.34. The summed E-state index contributed by atoms with van der Waals surface area (Å²) in [5.41, 5.74) is 7.08. The van der Waals surface area contributed by atoms with Crippen LogP contribution in [0.5, 0.6) is 0 Å². The third kappa shape index (κ3) is 8.50. The average Bonchev–Trinajstić information content (AvgIpc) is 2.77. The van der Waals surface area contributed by atoms with E-state index in [2.05, 4.69) is 6.92 Å². The number of unbranched alkanes of at least 4 members (excludes halogenated alkanes) is 5. The zero-order chi connectivity index (χ0) is 23.0. The number of ether oxygens (including phenoxy) is 3. The molecule has 0 saturated carbocycles. The van der Waals surface area contributed by atoms with Gasteiger partial charge < -0.3 is 50.6 Å². The Balaban J connectivity index is 0.00000512. The van der Waals surface area contributed by atoms with Crippen molar-refractivity contribution in [2.75, 3.05) is 19.8 Å². The summed E-state index contributed by atoms with van der Waals surface area (Å²) in [6.07, 6.45) is -2.17. The van der Waals surface area contributed by atoms with Gasteiger partial charge in [0.25, 0.3) is 0 Å². The van der Waals surface area contributed by atoms with Gasteiger partial charge in [-0.2, -0.15) is 0 Å². The van der Waals surface area contributed by atoms with Gasteiger partial charge in [0, 0.05) is 50.7 Å². The normalized spacial score (nSPS) is 40.1. The van der Waals surface area contributed by atoms with Crippen LogP contribution in [0.3, 0.4) is 0 Å². The standard InChI is InChI=1S/C20H38NO9S.Ac/c1-2-3-4-5-6-7-8-28-19-17(27)16(26)18(12(10-23)29-19)31-20-13(21)15(25)14(24)11(9-22)30-20;/h11-27H,2-10H2,1H3;/q-1;/t11?,12?,13?,14-,15?,16?,17?,18-,19+,20-;/m0./s1. The molecule has 0 aromatic heterocycles. The summed E-state index contributed by atoms with van der Waals surface area (Å²) in [6, 6.07) is -1.26. The molecule has 0 aromatic rings. The molecule has 0 aliphatic carbocycles. The minimum Gasteiger partial charge on any atom is -0.670 e. The zero-order valence-electron chi connectivity index (χ0n) is 18.5. The Morgan fingerprint density at radius 2 is 1.44 bits per heavy atom. The van der Waals surface area contributed by atoms with E-state index in [0.29, 0.717) is 6.61 Å². The van der Waals surface area contributed by atoms with Crippen molar-refractivity contribution in [2.24, 2.45) is 0 Å². The molecule has 187 valence electrons. The van der Waals surface area contributed by atoms with Gasteiger partial charge in [0.2, 0.25) is 0 Å². The topological polar surface area (TPSA) is 173 Å². The molecular formula is C20H38AcNO9S-. The van der Waals surface area contributed by atoms with Crippen LogP contribution >= 0.6 is 11.8 Å². The Hall–Kier alpha value is 1.39. The van der Waals surface area contributed by atoms with Gasteiger partial charge in [-0.3, -0.25) is 0 Å². The molecule has 0 aromatic carbocycles. The smallest absolute Gasteiger partial charge is 0.186 e. The summed E-state index contributed by atoms with van der Waals surface area (Å²) in [4.78, 5) is 0. The quantitative estimate of drug-likeness (QED) is 0.150. The van der Waals surface area contributed by atoms with Crippen LogP contribution < -0.4 is 0 Å². The summed E-state index contributed by atoms with van der Waals surface area (Å²) in [7, 11) is 0. The van der Waals surface area contributed by atoms with Crippen LogP contribution in [-0.2, 0) is 14.2 Å². The summed E-state index contributed by atoms with van der Waals surface area (Å²) in [6.45, 7) is 1.51. The second-order valence-corrected chi connectivity index (χ2v) is 9.46. The van der Waals surface area contributed by atoms with E-state index < -0.39 is 72.9 Å². The Morgan fingerprint density at radius 1 is 0.812 bits per heavy atom. The Kier molecular flexibility index (Phi) is 15.9. The van der Waals surface area contributed by atoms with E-state index >= 15 is 0 Å². The fourth-order valence-electron chi connectivity index (χ4n) is 3.79. The van der Waals surface area contributed by atoms with Gasteiger partial charge in [0.1, 0.15) is 18.3 Å². The molecule has 2 rings (SSSR count). The minimum atomic E-state index is -1.45. The summed E-state index contributed by atoms with van der Waals surface area (Å²) < 4.78 is 16.8. The molecule has 2 fully saturated rings. The predicted octanol–water partition coefficient (Wildman–Crippen LogP) is -0.236. The molecule has 6 unspecified atom stereocenters. The van der Waals surface area contributed by atoms with Crippen LogP contribution in [0.15, 0.2) is 0 Å². The van der Waals surface area contributed by atoms with Crippen LogP contribution in [0.25, 0.3) is 5.73 Å². The van der Waals surface area contributed by atoms with Gasteiger partial charge in [0.05, 0.1) is 42.2 Å². The van der Waals surface area contributed by atoms with Gasteiger partial charge >= 0.3 is 0 Å². The Labute approximate surface area is 229 Å². The number of aliphatic hydroxyl groups excluding tert-OH is 6. The van der Waals surface area contributed by atoms with E-state index in [1.54, 1.807) is 0 Å². The van der Waals surface area contributed by atoms with E-state index in [-0.39, 0.29) is 44.1 Å². The fraction of sp³-hybridized carbons (Fsp3) is 1.00. The molecule has 0 bridgehead atoms. The maximum Gasteiger partial charge on any atom is 0.186 e. The minimum absolute atomic E-state index is 0. The molecule has 12 heteroatoms. The van der Waals surface area contributed by atoms with Gasteiger partial charge in [0.15, 0.2) is 6.29 Å². The second kappa shape index (κ2) is 16.2. The molecule has 2 aliphatic rings. The first-order chi connectivity index (χ1) is 14.8. The Morgan fingerprint density at radius 3 is 2.06 bits per heavy atom. The van der Waals surface area contributed by atoms with Crippen molar-refractivity contribution in [3.05, 3.63) is 5.73 Å². The van der Waals surface area contributed by atoms with Gasteiger partial charge in [-0.25, -0.2) is 0 Å². The first kappa shape index (κ1) is 31.4. The number of nitrogens with one attached hydrogen (secondary N) is 1.